The molecule has 0 saturated carbocycles. The highest BCUT2D eigenvalue weighted by Gasteiger charge is 2.11. The van der Waals surface area contributed by atoms with Crippen LogP contribution in [-0.2, 0) is 7.05 Å². The smallest absolute Gasteiger partial charge is 0.271 e. The summed E-state index contributed by atoms with van der Waals surface area (Å²) in [5, 5.41) is 15.7. The molecule has 7 heteroatoms. The minimum atomic E-state index is -0.511. The maximum Gasteiger partial charge on any atom is 0.271 e. The molecule has 0 aliphatic rings. The Balaban J connectivity index is 1.78. The van der Waals surface area contributed by atoms with E-state index in [0.717, 1.165) is 22.2 Å². The lowest BCUT2D eigenvalue weighted by Crippen LogP contribution is -2.17. The van der Waals surface area contributed by atoms with Crippen LogP contribution in [0.5, 0.6) is 0 Å². The zero-order valence-electron chi connectivity index (χ0n) is 13.8. The van der Waals surface area contributed by atoms with Crippen LogP contribution < -0.4 is 5.43 Å². The van der Waals surface area contributed by atoms with Crippen LogP contribution in [0, 0.1) is 17.0 Å². The van der Waals surface area contributed by atoms with Crippen molar-refractivity contribution in [3.05, 3.63) is 75.5 Å². The van der Waals surface area contributed by atoms with Crippen molar-refractivity contribution in [2.24, 2.45) is 12.1 Å². The third-order valence-corrected chi connectivity index (χ3v) is 4.15. The van der Waals surface area contributed by atoms with E-state index >= 15 is 0 Å². The number of nitrogens with one attached hydrogen (secondary N) is 1. The molecular formula is C18H16N4O3. The van der Waals surface area contributed by atoms with Gasteiger partial charge in [-0.3, -0.25) is 14.9 Å². The predicted octanol–water partition coefficient (Wildman–Crippen LogP) is 3.16. The average Bonchev–Trinajstić information content (AvgIpc) is 2.87. The van der Waals surface area contributed by atoms with Gasteiger partial charge in [-0.25, -0.2) is 5.43 Å². The van der Waals surface area contributed by atoms with Crippen molar-refractivity contribution in [3.63, 3.8) is 0 Å². The third-order valence-electron chi connectivity index (χ3n) is 4.15. The fraction of sp³-hybridized carbons (Fsp3) is 0.111. The molecule has 1 aromatic heterocycles. The quantitative estimate of drug-likeness (QED) is 0.451. The molecule has 2 aromatic carbocycles. The summed E-state index contributed by atoms with van der Waals surface area (Å²) in [6.07, 6.45) is 1.61. The minimum Gasteiger partial charge on any atom is -0.347 e. The molecule has 3 aromatic rings. The van der Waals surface area contributed by atoms with E-state index in [1.807, 2.05) is 38.2 Å². The number of benzene rings is 2. The molecular weight excluding hydrogens is 320 g/mol. The zero-order valence-corrected chi connectivity index (χ0v) is 13.8. The molecule has 0 saturated heterocycles. The Kier molecular flexibility index (Phi) is 4.30. The SMILES string of the molecule is Cc1c(C=NNC(=O)c2ccc([N+](=O)[O-])cc2)c2ccccc2n1C. The van der Waals surface area contributed by atoms with Gasteiger partial charge in [0.15, 0.2) is 0 Å². The van der Waals surface area contributed by atoms with E-state index < -0.39 is 10.8 Å². The van der Waals surface area contributed by atoms with Crippen LogP contribution >= 0.6 is 0 Å². The second-order valence-corrected chi connectivity index (χ2v) is 5.58. The van der Waals surface area contributed by atoms with Gasteiger partial charge in [0.25, 0.3) is 11.6 Å². The van der Waals surface area contributed by atoms with Gasteiger partial charge in [0.2, 0.25) is 0 Å². The summed E-state index contributed by atoms with van der Waals surface area (Å²) in [5.74, 6) is -0.427. The molecule has 25 heavy (non-hydrogen) atoms. The highest BCUT2D eigenvalue weighted by Crippen LogP contribution is 2.23. The topological polar surface area (TPSA) is 89.5 Å². The molecule has 0 fully saturated rings. The number of nitro benzene ring substituents is 1. The Morgan fingerprint density at radius 2 is 1.88 bits per heavy atom. The van der Waals surface area contributed by atoms with Gasteiger partial charge in [-0.1, -0.05) is 18.2 Å². The lowest BCUT2D eigenvalue weighted by molar-refractivity contribution is -0.384. The predicted molar refractivity (Wildman–Crippen MR) is 95.8 cm³/mol. The molecule has 0 spiro atoms. The van der Waals surface area contributed by atoms with E-state index in [1.165, 1.54) is 24.3 Å². The van der Waals surface area contributed by atoms with E-state index in [0.29, 0.717) is 5.56 Å². The number of nitrogens with zero attached hydrogens (tertiary/aromatic N) is 3. The number of non-ortho nitro benzene ring substituents is 1. The first-order valence-electron chi connectivity index (χ1n) is 7.61. The van der Waals surface area contributed by atoms with E-state index in [9.17, 15) is 14.9 Å². The molecule has 1 amide bonds. The van der Waals surface area contributed by atoms with Gasteiger partial charge in [-0.15, -0.1) is 0 Å². The number of carbonyl (C=O) groups is 1. The Morgan fingerprint density at radius 3 is 2.56 bits per heavy atom. The summed E-state index contributed by atoms with van der Waals surface area (Å²) in [5.41, 5.74) is 5.74. The lowest BCUT2D eigenvalue weighted by atomic mass is 10.1. The summed E-state index contributed by atoms with van der Waals surface area (Å²) in [4.78, 5) is 22.2. The Labute approximate surface area is 143 Å². The second kappa shape index (κ2) is 6.56. The van der Waals surface area contributed by atoms with Crippen LogP contribution in [0.25, 0.3) is 10.9 Å². The van der Waals surface area contributed by atoms with Gasteiger partial charge in [0.1, 0.15) is 0 Å². The fourth-order valence-electron chi connectivity index (χ4n) is 2.67. The summed E-state index contributed by atoms with van der Waals surface area (Å²) in [6.45, 7) is 1.99. The standard InChI is InChI=1S/C18H16N4O3/c1-12-16(15-5-3-4-6-17(15)21(12)2)11-19-20-18(23)13-7-9-14(10-8-13)22(24)25/h3-11H,1-2H3,(H,20,23). The Bertz CT molecular complexity index is 987. The average molecular weight is 336 g/mol. The number of rotatable bonds is 4. The summed E-state index contributed by atoms with van der Waals surface area (Å²) in [6, 6.07) is 13.3. The molecule has 1 heterocycles. The number of fused-ring (bicyclic) bond motifs is 1. The molecule has 0 unspecified atom stereocenters. The van der Waals surface area contributed by atoms with Gasteiger partial charge in [-0.2, -0.15) is 5.10 Å². The van der Waals surface area contributed by atoms with E-state index in [1.54, 1.807) is 6.21 Å². The molecule has 0 radical (unpaired) electrons. The van der Waals surface area contributed by atoms with E-state index in [4.69, 9.17) is 0 Å². The lowest BCUT2D eigenvalue weighted by Gasteiger charge is -2.00. The Hall–Kier alpha value is -3.48. The monoisotopic (exact) mass is 336 g/mol. The molecule has 7 nitrogen and oxygen atoms in total. The van der Waals surface area contributed by atoms with Gasteiger partial charge in [0.05, 0.1) is 11.1 Å². The van der Waals surface area contributed by atoms with Crippen LogP contribution in [0.1, 0.15) is 21.6 Å². The number of hydrazone groups is 1. The highest BCUT2D eigenvalue weighted by atomic mass is 16.6. The number of carbonyl (C=O) groups excluding carboxylic acids is 1. The highest BCUT2D eigenvalue weighted by molar-refractivity contribution is 6.02. The van der Waals surface area contributed by atoms with Crippen LogP contribution in [-0.4, -0.2) is 21.6 Å². The summed E-state index contributed by atoms with van der Waals surface area (Å²) in [7, 11) is 1.98. The van der Waals surface area contributed by atoms with Crippen molar-refractivity contribution < 1.29 is 9.72 Å². The first-order chi connectivity index (χ1) is 12.0. The van der Waals surface area contributed by atoms with E-state index in [2.05, 4.69) is 15.1 Å². The number of hydrogen-bond donors (Lipinski definition) is 1. The summed E-state index contributed by atoms with van der Waals surface area (Å²) < 4.78 is 2.06. The maximum atomic E-state index is 12.1. The van der Waals surface area contributed by atoms with Crippen LogP contribution in [0.3, 0.4) is 0 Å². The molecule has 0 bridgehead atoms. The third kappa shape index (κ3) is 3.12. The minimum absolute atomic E-state index is 0.0635. The van der Waals surface area contributed by atoms with Crippen molar-refractivity contribution in [1.29, 1.82) is 0 Å². The molecule has 3 rings (SSSR count). The van der Waals surface area contributed by atoms with Crippen LogP contribution in [0.15, 0.2) is 53.6 Å². The van der Waals surface area contributed by atoms with Crippen molar-refractivity contribution in [3.8, 4) is 0 Å². The maximum absolute atomic E-state index is 12.1. The number of aryl methyl sites for hydroxylation is 1. The second-order valence-electron chi connectivity index (χ2n) is 5.58. The van der Waals surface area contributed by atoms with Crippen molar-refractivity contribution in [2.45, 2.75) is 6.92 Å². The number of aromatic nitrogens is 1. The molecule has 0 aliphatic carbocycles. The van der Waals surface area contributed by atoms with Crippen molar-refractivity contribution in [1.82, 2.24) is 9.99 Å². The van der Waals surface area contributed by atoms with Crippen molar-refractivity contribution >= 4 is 28.7 Å². The van der Waals surface area contributed by atoms with Gasteiger partial charge in [0, 0.05) is 46.9 Å². The van der Waals surface area contributed by atoms with Crippen LogP contribution in [0.4, 0.5) is 5.69 Å². The zero-order chi connectivity index (χ0) is 18.0. The van der Waals surface area contributed by atoms with E-state index in [-0.39, 0.29) is 5.69 Å². The Morgan fingerprint density at radius 1 is 1.20 bits per heavy atom. The molecule has 1 N–H and O–H groups in total. The first kappa shape index (κ1) is 16.4. The normalized spacial score (nSPS) is 11.1. The number of hydrogen-bond acceptors (Lipinski definition) is 4. The van der Waals surface area contributed by atoms with Gasteiger partial charge >= 0.3 is 0 Å². The first-order valence-corrected chi connectivity index (χ1v) is 7.61. The number of para-hydroxylation sites is 1. The molecule has 0 atom stereocenters. The van der Waals surface area contributed by atoms with Gasteiger partial charge in [-0.05, 0) is 25.1 Å². The fourth-order valence-corrected chi connectivity index (χ4v) is 2.67. The van der Waals surface area contributed by atoms with Gasteiger partial charge < -0.3 is 4.57 Å². The van der Waals surface area contributed by atoms with Crippen LogP contribution in [0.2, 0.25) is 0 Å². The number of nitro groups is 1. The molecule has 126 valence electrons. The summed E-state index contributed by atoms with van der Waals surface area (Å²) >= 11 is 0. The van der Waals surface area contributed by atoms with Crippen molar-refractivity contribution in [2.75, 3.05) is 0 Å². The molecule has 0 aliphatic heterocycles. The largest absolute Gasteiger partial charge is 0.347 e. The number of amides is 1.